The molecule has 0 spiro atoms. The van der Waals surface area contributed by atoms with Gasteiger partial charge in [0.25, 0.3) is 5.91 Å². The normalized spacial score (nSPS) is 20.9. The van der Waals surface area contributed by atoms with Crippen molar-refractivity contribution >= 4 is 11.6 Å². The number of ether oxygens (including phenoxy) is 1. The molecule has 5 nitrogen and oxygen atoms in total. The van der Waals surface area contributed by atoms with Crippen LogP contribution in [0.1, 0.15) is 30.8 Å². The average molecular weight is 328 g/mol. The van der Waals surface area contributed by atoms with Crippen molar-refractivity contribution in [1.82, 2.24) is 4.90 Å². The van der Waals surface area contributed by atoms with Gasteiger partial charge in [-0.05, 0) is 48.6 Å². The molecule has 0 unspecified atom stereocenters. The van der Waals surface area contributed by atoms with Crippen molar-refractivity contribution in [3.8, 4) is 17.1 Å². The number of likely N-dealkylation sites (tertiary alicyclic amines) is 1. The second-order valence-corrected chi connectivity index (χ2v) is 6.78. The van der Waals surface area contributed by atoms with Crippen molar-refractivity contribution in [2.45, 2.75) is 20.3 Å². The van der Waals surface area contributed by atoms with Crippen LogP contribution in [0.4, 0.5) is 5.69 Å². The van der Waals surface area contributed by atoms with Crippen LogP contribution in [-0.2, 0) is 0 Å². The number of anilines is 1. The molecule has 1 aromatic carbocycles. The Bertz CT molecular complexity index is 728. The van der Waals surface area contributed by atoms with Gasteiger partial charge in [0.15, 0.2) is 5.76 Å². The quantitative estimate of drug-likeness (QED) is 0.873. The lowest BCUT2D eigenvalue weighted by Gasteiger charge is -2.34. The van der Waals surface area contributed by atoms with Gasteiger partial charge in [-0.25, -0.2) is 0 Å². The minimum absolute atomic E-state index is 0.0406. The third kappa shape index (κ3) is 3.25. The van der Waals surface area contributed by atoms with Crippen LogP contribution in [-0.4, -0.2) is 31.0 Å². The van der Waals surface area contributed by atoms with E-state index < -0.39 is 0 Å². The van der Waals surface area contributed by atoms with E-state index in [-0.39, 0.29) is 5.91 Å². The maximum atomic E-state index is 12.7. The summed E-state index contributed by atoms with van der Waals surface area (Å²) < 4.78 is 11.0. The molecule has 1 fully saturated rings. The number of furan rings is 1. The van der Waals surface area contributed by atoms with Crippen LogP contribution in [0, 0.1) is 11.8 Å². The average Bonchev–Trinajstić information content (AvgIpc) is 3.03. The Morgan fingerprint density at radius 1 is 1.21 bits per heavy atom. The van der Waals surface area contributed by atoms with Crippen LogP contribution in [0.15, 0.2) is 34.7 Å². The highest BCUT2D eigenvalue weighted by Crippen LogP contribution is 2.30. The van der Waals surface area contributed by atoms with E-state index in [1.807, 2.05) is 17.0 Å². The molecule has 1 amide bonds. The Balaban J connectivity index is 1.80. The number of benzene rings is 1. The smallest absolute Gasteiger partial charge is 0.289 e. The fourth-order valence-corrected chi connectivity index (χ4v) is 3.48. The zero-order valence-corrected chi connectivity index (χ0v) is 14.4. The van der Waals surface area contributed by atoms with Gasteiger partial charge in [0.1, 0.15) is 11.5 Å². The third-order valence-electron chi connectivity index (χ3n) is 4.49. The summed E-state index contributed by atoms with van der Waals surface area (Å²) in [6.45, 7) is 5.94. The summed E-state index contributed by atoms with van der Waals surface area (Å²) in [5.74, 6) is 2.63. The van der Waals surface area contributed by atoms with Gasteiger partial charge in [-0.15, -0.1) is 0 Å². The van der Waals surface area contributed by atoms with E-state index in [0.29, 0.717) is 34.8 Å². The molecule has 2 aromatic rings. The zero-order valence-electron chi connectivity index (χ0n) is 14.4. The van der Waals surface area contributed by atoms with Crippen LogP contribution in [0.3, 0.4) is 0 Å². The number of methoxy groups -OCH3 is 1. The molecular formula is C19H24N2O3. The molecule has 2 heterocycles. The number of nitrogens with two attached hydrogens (primary N) is 1. The predicted molar refractivity (Wildman–Crippen MR) is 94.0 cm³/mol. The molecule has 5 heteroatoms. The number of hydrogen-bond acceptors (Lipinski definition) is 4. The van der Waals surface area contributed by atoms with Crippen molar-refractivity contribution in [3.63, 3.8) is 0 Å². The number of rotatable bonds is 3. The number of amides is 1. The van der Waals surface area contributed by atoms with Gasteiger partial charge in [-0.2, -0.15) is 0 Å². The monoisotopic (exact) mass is 328 g/mol. The zero-order chi connectivity index (χ0) is 17.3. The summed E-state index contributed by atoms with van der Waals surface area (Å²) in [5.41, 5.74) is 7.31. The lowest BCUT2D eigenvalue weighted by atomic mass is 9.92. The van der Waals surface area contributed by atoms with E-state index in [1.165, 1.54) is 0 Å². The Labute approximate surface area is 142 Å². The number of nitrogen functional groups attached to an aromatic ring is 1. The standard InChI is InChI=1S/C19H24N2O3/c1-12-8-13(2)11-21(10-12)19(22)18-7-6-16(24-18)14-4-5-17(23-3)15(20)9-14/h4-7,9,12-13H,8,10-11,20H2,1-3H3/t12-,13+. The van der Waals surface area contributed by atoms with Gasteiger partial charge in [0, 0.05) is 18.7 Å². The van der Waals surface area contributed by atoms with Crippen LogP contribution < -0.4 is 10.5 Å². The van der Waals surface area contributed by atoms with Crippen molar-refractivity contribution in [1.29, 1.82) is 0 Å². The van der Waals surface area contributed by atoms with E-state index in [4.69, 9.17) is 14.9 Å². The first-order chi connectivity index (χ1) is 11.5. The van der Waals surface area contributed by atoms with Crippen LogP contribution in [0.2, 0.25) is 0 Å². The molecule has 1 aliphatic heterocycles. The first-order valence-electron chi connectivity index (χ1n) is 8.31. The van der Waals surface area contributed by atoms with E-state index in [2.05, 4.69) is 13.8 Å². The van der Waals surface area contributed by atoms with E-state index in [1.54, 1.807) is 25.3 Å². The second kappa shape index (κ2) is 6.59. The highest BCUT2D eigenvalue weighted by atomic mass is 16.5. The van der Waals surface area contributed by atoms with E-state index in [0.717, 1.165) is 25.1 Å². The largest absolute Gasteiger partial charge is 0.495 e. The molecule has 24 heavy (non-hydrogen) atoms. The van der Waals surface area contributed by atoms with Crippen molar-refractivity contribution in [3.05, 3.63) is 36.1 Å². The lowest BCUT2D eigenvalue weighted by molar-refractivity contribution is 0.0592. The van der Waals surface area contributed by atoms with Crippen LogP contribution in [0.5, 0.6) is 5.75 Å². The molecule has 3 rings (SSSR count). The number of piperidine rings is 1. The van der Waals surface area contributed by atoms with Crippen molar-refractivity contribution in [2.24, 2.45) is 11.8 Å². The summed E-state index contributed by atoms with van der Waals surface area (Å²) in [6, 6.07) is 9.00. The minimum atomic E-state index is -0.0406. The fourth-order valence-electron chi connectivity index (χ4n) is 3.48. The molecule has 0 bridgehead atoms. The predicted octanol–water partition coefficient (Wildman–Crippen LogP) is 3.66. The van der Waals surface area contributed by atoms with Crippen LogP contribution in [0.25, 0.3) is 11.3 Å². The van der Waals surface area contributed by atoms with Gasteiger partial charge in [0.2, 0.25) is 0 Å². The summed E-state index contributed by atoms with van der Waals surface area (Å²) in [6.07, 6.45) is 1.16. The number of carbonyl (C=O) groups is 1. The summed E-state index contributed by atoms with van der Waals surface area (Å²) >= 11 is 0. The summed E-state index contributed by atoms with van der Waals surface area (Å²) in [7, 11) is 1.58. The molecule has 1 aromatic heterocycles. The second-order valence-electron chi connectivity index (χ2n) is 6.78. The molecule has 2 atom stereocenters. The van der Waals surface area contributed by atoms with Gasteiger partial charge >= 0.3 is 0 Å². The van der Waals surface area contributed by atoms with Gasteiger partial charge in [-0.3, -0.25) is 4.79 Å². The maximum Gasteiger partial charge on any atom is 0.289 e. The summed E-state index contributed by atoms with van der Waals surface area (Å²) in [4.78, 5) is 14.6. The van der Waals surface area contributed by atoms with Gasteiger partial charge in [0.05, 0.1) is 12.8 Å². The van der Waals surface area contributed by atoms with E-state index >= 15 is 0 Å². The molecule has 1 aliphatic rings. The highest BCUT2D eigenvalue weighted by molar-refractivity contribution is 5.92. The fraction of sp³-hybridized carbons (Fsp3) is 0.421. The number of nitrogens with zero attached hydrogens (tertiary/aromatic N) is 1. The topological polar surface area (TPSA) is 68.7 Å². The van der Waals surface area contributed by atoms with Crippen LogP contribution >= 0.6 is 0 Å². The lowest BCUT2D eigenvalue weighted by Crippen LogP contribution is -2.42. The Morgan fingerprint density at radius 2 is 1.92 bits per heavy atom. The maximum absolute atomic E-state index is 12.7. The molecule has 1 saturated heterocycles. The molecule has 0 radical (unpaired) electrons. The first kappa shape index (κ1) is 16.4. The van der Waals surface area contributed by atoms with E-state index in [9.17, 15) is 4.79 Å². The Morgan fingerprint density at radius 3 is 2.54 bits per heavy atom. The van der Waals surface area contributed by atoms with Gasteiger partial charge < -0.3 is 19.8 Å². The molecule has 0 saturated carbocycles. The molecule has 128 valence electrons. The SMILES string of the molecule is COc1ccc(-c2ccc(C(=O)N3C[C@H](C)C[C@H](C)C3)o2)cc1N. The summed E-state index contributed by atoms with van der Waals surface area (Å²) in [5, 5.41) is 0. The third-order valence-corrected chi connectivity index (χ3v) is 4.49. The number of hydrogen-bond donors (Lipinski definition) is 1. The van der Waals surface area contributed by atoms with Crippen molar-refractivity contribution < 1.29 is 13.9 Å². The first-order valence-corrected chi connectivity index (χ1v) is 8.31. The Kier molecular flexibility index (Phi) is 4.51. The molecule has 2 N–H and O–H groups in total. The number of carbonyl (C=O) groups excluding carboxylic acids is 1. The van der Waals surface area contributed by atoms with Crippen molar-refractivity contribution in [2.75, 3.05) is 25.9 Å². The van der Waals surface area contributed by atoms with Gasteiger partial charge in [-0.1, -0.05) is 13.8 Å². The highest BCUT2D eigenvalue weighted by Gasteiger charge is 2.27. The molecule has 0 aliphatic carbocycles. The Hall–Kier alpha value is -2.43. The molecular weight excluding hydrogens is 304 g/mol. The minimum Gasteiger partial charge on any atom is -0.495 e.